The Bertz CT molecular complexity index is 1100. The number of carbonyl (C=O) groups excluding carboxylic acids is 3. The maximum absolute atomic E-state index is 13.0. The van der Waals surface area contributed by atoms with E-state index in [2.05, 4.69) is 12.2 Å². The van der Waals surface area contributed by atoms with Crippen LogP contribution in [0.1, 0.15) is 95.3 Å². The Kier molecular flexibility index (Phi) is 16.4. The summed E-state index contributed by atoms with van der Waals surface area (Å²) in [5.41, 5.74) is 0.758. The molecule has 2 aromatic carbocycles. The molecule has 0 saturated heterocycles. The molecular weight excluding hydrogens is 522 g/mol. The molecule has 1 amide bonds. The second-order valence-corrected chi connectivity index (χ2v) is 9.71. The first kappa shape index (κ1) is 33.4. The molecule has 2 aromatic rings. The van der Waals surface area contributed by atoms with Crippen molar-refractivity contribution in [1.29, 1.82) is 0 Å². The van der Waals surface area contributed by atoms with Gasteiger partial charge in [0.15, 0.2) is 5.75 Å². The average Bonchev–Trinajstić information content (AvgIpc) is 2.97. The Balaban J connectivity index is 2.04. The van der Waals surface area contributed by atoms with Crippen molar-refractivity contribution >= 4 is 23.5 Å². The van der Waals surface area contributed by atoms with E-state index in [9.17, 15) is 14.4 Å². The molecule has 8 nitrogen and oxygen atoms in total. The van der Waals surface area contributed by atoms with Gasteiger partial charge in [0.05, 0.1) is 31.6 Å². The molecule has 1 N–H and O–H groups in total. The van der Waals surface area contributed by atoms with E-state index in [1.165, 1.54) is 25.7 Å². The number of nitrogens with one attached hydrogen (secondary N) is 1. The Morgan fingerprint density at radius 2 is 1.34 bits per heavy atom. The molecule has 0 aromatic heterocycles. The van der Waals surface area contributed by atoms with Crippen LogP contribution < -0.4 is 14.8 Å². The van der Waals surface area contributed by atoms with E-state index in [-0.39, 0.29) is 30.6 Å². The third kappa shape index (κ3) is 13.4. The lowest BCUT2D eigenvalue weighted by Gasteiger charge is -2.14. The number of amides is 1. The van der Waals surface area contributed by atoms with Crippen molar-refractivity contribution < 1.29 is 33.3 Å². The van der Waals surface area contributed by atoms with Gasteiger partial charge in [0.2, 0.25) is 5.76 Å². The van der Waals surface area contributed by atoms with Crippen molar-refractivity contribution in [2.24, 2.45) is 0 Å². The molecule has 0 heterocycles. The van der Waals surface area contributed by atoms with Gasteiger partial charge in [0, 0.05) is 5.56 Å². The molecule has 0 fully saturated rings. The first-order valence-electron chi connectivity index (χ1n) is 14.8. The monoisotopic (exact) mass is 567 g/mol. The number of esters is 2. The summed E-state index contributed by atoms with van der Waals surface area (Å²) in [5, 5.41) is 2.81. The molecule has 0 aliphatic rings. The second kappa shape index (κ2) is 20.1. The van der Waals surface area contributed by atoms with Crippen LogP contribution in [-0.4, -0.2) is 37.7 Å². The van der Waals surface area contributed by atoms with Gasteiger partial charge in [-0.25, -0.2) is 9.59 Å². The second-order valence-electron chi connectivity index (χ2n) is 9.71. The van der Waals surface area contributed by atoms with Crippen molar-refractivity contribution in [3.63, 3.8) is 0 Å². The summed E-state index contributed by atoms with van der Waals surface area (Å²) in [4.78, 5) is 38.0. The van der Waals surface area contributed by atoms with Gasteiger partial charge >= 0.3 is 11.9 Å². The predicted molar refractivity (Wildman–Crippen MR) is 160 cm³/mol. The molecule has 0 atom stereocenters. The van der Waals surface area contributed by atoms with Gasteiger partial charge in [-0.15, -0.1) is 0 Å². The van der Waals surface area contributed by atoms with E-state index >= 15 is 0 Å². The van der Waals surface area contributed by atoms with Crippen LogP contribution in [0, 0.1) is 0 Å². The molecule has 8 heteroatoms. The molecule has 0 unspecified atom stereocenters. The molecule has 0 aliphatic carbocycles. The van der Waals surface area contributed by atoms with Crippen LogP contribution in [0.4, 0.5) is 5.69 Å². The number of ether oxygens (including phenoxy) is 4. The quantitative estimate of drug-likeness (QED) is 0.0760. The van der Waals surface area contributed by atoms with Gasteiger partial charge in [0.1, 0.15) is 5.75 Å². The van der Waals surface area contributed by atoms with Gasteiger partial charge < -0.3 is 24.3 Å². The maximum atomic E-state index is 13.0. The van der Waals surface area contributed by atoms with Gasteiger partial charge in [-0.1, -0.05) is 77.8 Å². The minimum Gasteiger partial charge on any atom is -0.494 e. The largest absolute Gasteiger partial charge is 0.494 e. The number of hydrogen-bond acceptors (Lipinski definition) is 7. The zero-order chi connectivity index (χ0) is 29.7. The normalized spacial score (nSPS) is 11.0. The van der Waals surface area contributed by atoms with E-state index in [4.69, 9.17) is 18.9 Å². The van der Waals surface area contributed by atoms with Crippen molar-refractivity contribution in [1.82, 2.24) is 0 Å². The summed E-state index contributed by atoms with van der Waals surface area (Å²) in [5.74, 6) is -1.29. The van der Waals surface area contributed by atoms with Crippen LogP contribution in [0.5, 0.6) is 11.5 Å². The lowest BCUT2D eigenvalue weighted by Crippen LogP contribution is -2.18. The highest BCUT2D eigenvalue weighted by Gasteiger charge is 2.19. The number of rotatable bonds is 20. The molecule has 0 bridgehead atoms. The number of unbranched alkanes of at least 4 members (excludes halogenated alkanes) is 7. The van der Waals surface area contributed by atoms with E-state index in [1.54, 1.807) is 48.5 Å². The zero-order valence-corrected chi connectivity index (χ0v) is 24.7. The lowest BCUT2D eigenvalue weighted by atomic mass is 10.1. The highest BCUT2D eigenvalue weighted by molar-refractivity contribution is 6.05. The number of benzene rings is 2. The first-order valence-corrected chi connectivity index (χ1v) is 14.8. The standard InChI is InChI=1S/C33H45NO7/c1-4-7-10-11-12-15-24-38-27-20-18-26(19-21-27)32(36)34-28-16-13-14-17-29(28)41-30(33(37)40-23-9-6-3)25-31(35)39-22-8-5-2/h13-14,16-21,25H,4-12,15,22-24H2,1-3H3,(H,34,36)/b30-25+. The maximum Gasteiger partial charge on any atom is 0.374 e. The van der Waals surface area contributed by atoms with E-state index in [1.807, 2.05) is 13.8 Å². The van der Waals surface area contributed by atoms with Crippen LogP contribution in [0.25, 0.3) is 0 Å². The van der Waals surface area contributed by atoms with E-state index in [0.717, 1.165) is 31.8 Å². The van der Waals surface area contributed by atoms with Crippen LogP contribution in [0.15, 0.2) is 60.4 Å². The molecule has 0 saturated carbocycles. The summed E-state index contributed by atoms with van der Waals surface area (Å²) < 4.78 is 22.0. The number of para-hydroxylation sites is 2. The SMILES string of the molecule is CCCCCCCCOc1ccc(C(=O)Nc2ccccc2O/C(=C/C(=O)OCCCC)C(=O)OCCCC)cc1. The van der Waals surface area contributed by atoms with Crippen LogP contribution in [0.2, 0.25) is 0 Å². The molecule has 41 heavy (non-hydrogen) atoms. The summed E-state index contributed by atoms with van der Waals surface area (Å²) in [6.07, 6.45) is 11.2. The van der Waals surface area contributed by atoms with Crippen LogP contribution in [-0.2, 0) is 19.1 Å². The highest BCUT2D eigenvalue weighted by Crippen LogP contribution is 2.27. The molecule has 0 radical (unpaired) electrons. The Morgan fingerprint density at radius 3 is 2.05 bits per heavy atom. The third-order valence-electron chi connectivity index (χ3n) is 6.16. The third-order valence-corrected chi connectivity index (χ3v) is 6.16. The number of hydrogen-bond donors (Lipinski definition) is 1. The summed E-state index contributed by atoms with van der Waals surface area (Å²) in [7, 11) is 0. The smallest absolute Gasteiger partial charge is 0.374 e. The van der Waals surface area contributed by atoms with Gasteiger partial charge in [-0.3, -0.25) is 4.79 Å². The first-order chi connectivity index (χ1) is 20.0. The van der Waals surface area contributed by atoms with Gasteiger partial charge in [-0.05, 0) is 55.7 Å². The Hall–Kier alpha value is -3.81. The van der Waals surface area contributed by atoms with Crippen LogP contribution >= 0.6 is 0 Å². The molecule has 224 valence electrons. The predicted octanol–water partition coefficient (Wildman–Crippen LogP) is 7.63. The minimum absolute atomic E-state index is 0.180. The number of anilines is 1. The van der Waals surface area contributed by atoms with Crippen molar-refractivity contribution in [2.45, 2.75) is 85.0 Å². The lowest BCUT2D eigenvalue weighted by molar-refractivity contribution is -0.143. The minimum atomic E-state index is -0.788. The average molecular weight is 568 g/mol. The van der Waals surface area contributed by atoms with Crippen molar-refractivity contribution in [3.05, 3.63) is 65.9 Å². The van der Waals surface area contributed by atoms with Crippen molar-refractivity contribution in [3.8, 4) is 11.5 Å². The van der Waals surface area contributed by atoms with Gasteiger partial charge in [-0.2, -0.15) is 0 Å². The van der Waals surface area contributed by atoms with E-state index < -0.39 is 11.9 Å². The summed E-state index contributed by atoms with van der Waals surface area (Å²) in [6, 6.07) is 13.6. The highest BCUT2D eigenvalue weighted by atomic mass is 16.6. The van der Waals surface area contributed by atoms with E-state index in [0.29, 0.717) is 36.4 Å². The topological polar surface area (TPSA) is 100 Å². The molecular formula is C33H45NO7. The van der Waals surface area contributed by atoms with Crippen molar-refractivity contribution in [2.75, 3.05) is 25.1 Å². The molecule has 2 rings (SSSR count). The fraction of sp³-hybridized carbons (Fsp3) is 0.485. The van der Waals surface area contributed by atoms with Gasteiger partial charge in [0.25, 0.3) is 5.91 Å². The fourth-order valence-electron chi connectivity index (χ4n) is 3.72. The molecule has 0 aliphatic heterocycles. The number of carbonyl (C=O) groups is 3. The zero-order valence-electron chi connectivity index (χ0n) is 24.7. The summed E-state index contributed by atoms with van der Waals surface area (Å²) in [6.45, 7) is 7.23. The molecule has 0 spiro atoms. The summed E-state index contributed by atoms with van der Waals surface area (Å²) >= 11 is 0. The fourth-order valence-corrected chi connectivity index (χ4v) is 3.72. The Labute approximate surface area is 244 Å². The van der Waals surface area contributed by atoms with Crippen LogP contribution in [0.3, 0.4) is 0 Å². The Morgan fingerprint density at radius 1 is 0.707 bits per heavy atom.